The van der Waals surface area contributed by atoms with Gasteiger partial charge in [-0.3, -0.25) is 0 Å². The summed E-state index contributed by atoms with van der Waals surface area (Å²) in [6, 6.07) is 0. The molecule has 1 rings (SSSR count). The van der Waals surface area contributed by atoms with Crippen LogP contribution in [0.5, 0.6) is 0 Å². The normalized spacial score (nSPS) is 21.0. The molecular formula is C14H27BO2+. The highest BCUT2D eigenvalue weighted by Gasteiger charge is 2.40. The van der Waals surface area contributed by atoms with E-state index >= 15 is 0 Å². The van der Waals surface area contributed by atoms with E-state index in [1.54, 1.807) is 0 Å². The van der Waals surface area contributed by atoms with E-state index in [4.69, 9.17) is 9.76 Å². The van der Waals surface area contributed by atoms with E-state index in [0.717, 1.165) is 12.8 Å². The van der Waals surface area contributed by atoms with Crippen LogP contribution in [-0.4, -0.2) is 23.8 Å². The average molecular weight is 238 g/mol. The molecule has 0 saturated heterocycles. The minimum atomic E-state index is -0.599. The first-order valence-electron chi connectivity index (χ1n) is 6.49. The largest absolute Gasteiger partial charge is 0.439 e. The molecule has 3 heteroatoms. The molecule has 1 aliphatic carbocycles. The molecular weight excluding hydrogens is 211 g/mol. The Morgan fingerprint density at radius 1 is 1.29 bits per heavy atom. The molecule has 0 aromatic carbocycles. The predicted octanol–water partition coefficient (Wildman–Crippen LogP) is 3.00. The van der Waals surface area contributed by atoms with Crippen LogP contribution in [0.4, 0.5) is 0 Å². The van der Waals surface area contributed by atoms with Crippen LogP contribution in [0.3, 0.4) is 0 Å². The van der Waals surface area contributed by atoms with Crippen molar-refractivity contribution in [3.63, 3.8) is 0 Å². The Morgan fingerprint density at radius 2 is 1.88 bits per heavy atom. The van der Waals surface area contributed by atoms with Crippen molar-refractivity contribution in [3.8, 4) is 0 Å². The molecule has 0 spiro atoms. The van der Waals surface area contributed by atoms with Gasteiger partial charge in [0.15, 0.2) is 5.60 Å². The van der Waals surface area contributed by atoms with Crippen LogP contribution in [0.2, 0.25) is 0 Å². The summed E-state index contributed by atoms with van der Waals surface area (Å²) in [5.74, 6) is 0. The van der Waals surface area contributed by atoms with Gasteiger partial charge in [-0.25, -0.2) is 0 Å². The molecule has 1 aliphatic rings. The fourth-order valence-corrected chi connectivity index (χ4v) is 1.57. The zero-order valence-electron chi connectivity index (χ0n) is 12.2. The number of hydrogen-bond donors (Lipinski definition) is 0. The van der Waals surface area contributed by atoms with E-state index in [1.165, 1.54) is 11.9 Å². The van der Waals surface area contributed by atoms with Crippen LogP contribution in [0.1, 0.15) is 60.8 Å². The number of allylic oxidation sites excluding steroid dienone is 2. The molecule has 0 amide bonds. The van der Waals surface area contributed by atoms with Gasteiger partial charge in [-0.1, -0.05) is 25.4 Å². The average Bonchev–Trinajstić information content (AvgIpc) is 2.14. The predicted molar refractivity (Wildman–Crippen MR) is 74.3 cm³/mol. The standard InChI is InChI=1S/C14H26BO2/c1-12(2)9-7-11(8-10-12)15-17-14(5,6)13(3,4)16/h7,16H,8-10H2,1-6H3/p+1. The van der Waals surface area contributed by atoms with E-state index in [2.05, 4.69) is 19.9 Å². The highest BCUT2D eigenvalue weighted by atomic mass is 16.5. The van der Waals surface area contributed by atoms with Crippen LogP contribution < -0.4 is 0 Å². The van der Waals surface area contributed by atoms with Crippen molar-refractivity contribution in [2.75, 3.05) is 0 Å². The molecule has 0 fully saturated rings. The van der Waals surface area contributed by atoms with E-state index in [1.807, 2.05) is 35.2 Å². The highest BCUT2D eigenvalue weighted by Crippen LogP contribution is 2.34. The molecule has 0 bridgehead atoms. The molecule has 0 aromatic rings. The van der Waals surface area contributed by atoms with Gasteiger partial charge < -0.3 is 9.76 Å². The molecule has 0 atom stereocenters. The van der Waals surface area contributed by atoms with Gasteiger partial charge in [0.1, 0.15) is 5.60 Å². The lowest BCUT2D eigenvalue weighted by atomic mass is 9.70. The topological polar surface area (TPSA) is 32.1 Å². The molecule has 2 nitrogen and oxygen atoms in total. The van der Waals surface area contributed by atoms with Gasteiger partial charge in [0, 0.05) is 13.8 Å². The van der Waals surface area contributed by atoms with Gasteiger partial charge in [0.05, 0.1) is 0 Å². The minimum absolute atomic E-state index is 0.432. The zero-order chi connectivity index (χ0) is 13.3. The fraction of sp³-hybridized carbons (Fsp3) is 0.857. The summed E-state index contributed by atoms with van der Waals surface area (Å²) in [7, 11) is 1.87. The molecule has 0 aromatic heterocycles. The smallest absolute Gasteiger partial charge is 0.326 e. The fourth-order valence-electron chi connectivity index (χ4n) is 1.57. The lowest BCUT2D eigenvalue weighted by Crippen LogP contribution is -2.48. The molecule has 1 radical (unpaired) electrons. The summed E-state index contributed by atoms with van der Waals surface area (Å²) in [5.41, 5.74) is 0.655. The second-order valence-electron chi connectivity index (χ2n) is 7.02. The third-order valence-corrected chi connectivity index (χ3v) is 4.02. The maximum absolute atomic E-state index is 8.05. The summed E-state index contributed by atoms with van der Waals surface area (Å²) >= 11 is 0. The van der Waals surface area contributed by atoms with Crippen molar-refractivity contribution in [3.05, 3.63) is 11.5 Å². The van der Waals surface area contributed by atoms with E-state index in [9.17, 15) is 0 Å². The summed E-state index contributed by atoms with van der Waals surface area (Å²) < 4.78 is 5.82. The first kappa shape index (κ1) is 14.8. The monoisotopic (exact) mass is 238 g/mol. The van der Waals surface area contributed by atoms with Crippen molar-refractivity contribution < 1.29 is 9.76 Å². The number of hydrogen-bond acceptors (Lipinski definition) is 1. The summed E-state index contributed by atoms with van der Waals surface area (Å²) in [4.78, 5) is 0. The third-order valence-electron chi connectivity index (χ3n) is 4.02. The Bertz CT molecular complexity index is 298. The molecule has 97 valence electrons. The Morgan fingerprint density at radius 3 is 2.29 bits per heavy atom. The third kappa shape index (κ3) is 4.15. The molecule has 0 saturated carbocycles. The number of rotatable bonds is 4. The van der Waals surface area contributed by atoms with Crippen molar-refractivity contribution >= 4 is 7.48 Å². The second-order valence-corrected chi connectivity index (χ2v) is 7.02. The van der Waals surface area contributed by atoms with E-state index in [0.29, 0.717) is 5.41 Å². The van der Waals surface area contributed by atoms with Gasteiger partial charge in [0.25, 0.3) is 0 Å². The van der Waals surface area contributed by atoms with Crippen LogP contribution in [0.15, 0.2) is 11.5 Å². The zero-order valence-corrected chi connectivity index (χ0v) is 12.2. The van der Waals surface area contributed by atoms with E-state index in [-0.39, 0.29) is 0 Å². The molecule has 17 heavy (non-hydrogen) atoms. The molecule has 0 aliphatic heterocycles. The van der Waals surface area contributed by atoms with Crippen molar-refractivity contribution in [1.29, 1.82) is 0 Å². The van der Waals surface area contributed by atoms with E-state index < -0.39 is 11.2 Å². The Kier molecular flexibility index (Phi) is 4.15. The van der Waals surface area contributed by atoms with Gasteiger partial charge >= 0.3 is 7.48 Å². The van der Waals surface area contributed by atoms with Crippen LogP contribution in [0.25, 0.3) is 0 Å². The lowest BCUT2D eigenvalue weighted by Gasteiger charge is -2.35. The SMILES string of the molecule is CC1(C)CC=C([B]OC(C)(C)C(C)(C)[OH2+])CC1. The Labute approximate surface area is 107 Å². The van der Waals surface area contributed by atoms with Gasteiger partial charge in [-0.05, 0) is 38.5 Å². The van der Waals surface area contributed by atoms with Crippen molar-refractivity contribution in [1.82, 2.24) is 0 Å². The minimum Gasteiger partial charge on any atom is -0.439 e. The van der Waals surface area contributed by atoms with Gasteiger partial charge in [-0.2, -0.15) is 0 Å². The van der Waals surface area contributed by atoms with Crippen molar-refractivity contribution in [2.45, 2.75) is 72.0 Å². The lowest BCUT2D eigenvalue weighted by molar-refractivity contribution is -0.0898. The summed E-state index contributed by atoms with van der Waals surface area (Å²) in [6.07, 6.45) is 5.69. The molecule has 0 unspecified atom stereocenters. The maximum atomic E-state index is 8.05. The quantitative estimate of drug-likeness (QED) is 0.547. The summed E-state index contributed by atoms with van der Waals surface area (Å²) in [5, 5.41) is 8.05. The van der Waals surface area contributed by atoms with Crippen LogP contribution >= 0.6 is 0 Å². The van der Waals surface area contributed by atoms with Gasteiger partial charge in [0.2, 0.25) is 0 Å². The van der Waals surface area contributed by atoms with Crippen molar-refractivity contribution in [2.24, 2.45) is 5.41 Å². The maximum Gasteiger partial charge on any atom is 0.326 e. The second kappa shape index (κ2) is 4.77. The first-order chi connectivity index (χ1) is 7.54. The molecule has 2 N–H and O–H groups in total. The Hall–Kier alpha value is -0.275. The highest BCUT2D eigenvalue weighted by molar-refractivity contribution is 6.38. The summed E-state index contributed by atoms with van der Waals surface area (Å²) in [6.45, 7) is 12.3. The first-order valence-corrected chi connectivity index (χ1v) is 6.49. The van der Waals surface area contributed by atoms with Crippen LogP contribution in [-0.2, 0) is 4.65 Å². The Balaban J connectivity index is 2.51. The van der Waals surface area contributed by atoms with Gasteiger partial charge in [-0.15, -0.1) is 0 Å². The van der Waals surface area contributed by atoms with Crippen LogP contribution in [0, 0.1) is 5.41 Å². The molecule has 0 heterocycles.